The highest BCUT2D eigenvalue weighted by atomic mass is 127. The predicted octanol–water partition coefficient (Wildman–Crippen LogP) is 2.08. The summed E-state index contributed by atoms with van der Waals surface area (Å²) in [4.78, 5) is 7.05. The number of aliphatic imine (C=N–C) groups is 1. The Hall–Kier alpha value is -0.900. The standard InChI is InChI=1S/C20H34N4O2.HI/c1-3-21-19(23-16-20(9-13-25)10-14-26-17-20)22-11-12-24(2)15-18-7-5-4-6-8-18;/h4-8,25H,3,9-17H2,1-2H3,(H2,21,22,23);1H. The molecule has 0 spiro atoms. The molecule has 1 aromatic carbocycles. The second-order valence-corrected chi connectivity index (χ2v) is 7.12. The van der Waals surface area contributed by atoms with Crippen molar-refractivity contribution in [3.8, 4) is 0 Å². The lowest BCUT2D eigenvalue weighted by Gasteiger charge is -2.25. The Morgan fingerprint density at radius 1 is 1.30 bits per heavy atom. The molecule has 0 aromatic heterocycles. The number of likely N-dealkylation sites (N-methyl/N-ethyl adjacent to an activating group) is 1. The fraction of sp³-hybridized carbons (Fsp3) is 0.650. The molecule has 1 fully saturated rings. The van der Waals surface area contributed by atoms with Crippen molar-refractivity contribution in [1.82, 2.24) is 15.5 Å². The second kappa shape index (κ2) is 13.3. The van der Waals surface area contributed by atoms with Gasteiger partial charge in [0.2, 0.25) is 0 Å². The van der Waals surface area contributed by atoms with Gasteiger partial charge in [0, 0.05) is 44.8 Å². The number of hydrogen-bond acceptors (Lipinski definition) is 4. The normalized spacial score (nSPS) is 19.8. The molecule has 1 aliphatic heterocycles. The van der Waals surface area contributed by atoms with Crippen LogP contribution in [-0.2, 0) is 11.3 Å². The van der Waals surface area contributed by atoms with E-state index in [0.29, 0.717) is 13.2 Å². The zero-order valence-electron chi connectivity index (χ0n) is 16.6. The minimum absolute atomic E-state index is 0. The number of aliphatic hydroxyl groups excluding tert-OH is 1. The number of benzene rings is 1. The van der Waals surface area contributed by atoms with Crippen LogP contribution >= 0.6 is 24.0 Å². The number of ether oxygens (including phenoxy) is 1. The van der Waals surface area contributed by atoms with Crippen LogP contribution in [0.2, 0.25) is 0 Å². The zero-order chi connectivity index (χ0) is 18.7. The van der Waals surface area contributed by atoms with Gasteiger partial charge in [-0.05, 0) is 32.4 Å². The van der Waals surface area contributed by atoms with Crippen molar-refractivity contribution in [2.75, 3.05) is 53.0 Å². The summed E-state index contributed by atoms with van der Waals surface area (Å²) in [5, 5.41) is 16.1. The molecular weight excluding hydrogens is 455 g/mol. The minimum Gasteiger partial charge on any atom is -0.396 e. The maximum atomic E-state index is 9.34. The second-order valence-electron chi connectivity index (χ2n) is 7.12. The van der Waals surface area contributed by atoms with E-state index >= 15 is 0 Å². The highest BCUT2D eigenvalue weighted by Crippen LogP contribution is 2.32. The monoisotopic (exact) mass is 490 g/mol. The van der Waals surface area contributed by atoms with Crippen molar-refractivity contribution in [3.05, 3.63) is 35.9 Å². The summed E-state index contributed by atoms with van der Waals surface area (Å²) in [6.45, 7) is 7.93. The average Bonchev–Trinajstić information content (AvgIpc) is 3.10. The van der Waals surface area contributed by atoms with E-state index in [-0.39, 0.29) is 36.0 Å². The van der Waals surface area contributed by atoms with Crippen molar-refractivity contribution in [2.45, 2.75) is 26.3 Å². The third-order valence-corrected chi connectivity index (χ3v) is 4.83. The molecule has 0 amide bonds. The smallest absolute Gasteiger partial charge is 0.191 e. The Kier molecular flexibility index (Phi) is 11.9. The van der Waals surface area contributed by atoms with Crippen LogP contribution in [0.25, 0.3) is 0 Å². The van der Waals surface area contributed by atoms with Crippen LogP contribution in [0.15, 0.2) is 35.3 Å². The lowest BCUT2D eigenvalue weighted by atomic mass is 9.84. The van der Waals surface area contributed by atoms with Gasteiger partial charge in [0.05, 0.1) is 13.2 Å². The van der Waals surface area contributed by atoms with Gasteiger partial charge in [-0.25, -0.2) is 0 Å². The van der Waals surface area contributed by atoms with E-state index in [9.17, 15) is 5.11 Å². The number of nitrogens with one attached hydrogen (secondary N) is 2. The topological polar surface area (TPSA) is 69.1 Å². The molecule has 0 aliphatic carbocycles. The Labute approximate surface area is 180 Å². The molecule has 0 saturated carbocycles. The van der Waals surface area contributed by atoms with Crippen LogP contribution in [0.4, 0.5) is 0 Å². The van der Waals surface area contributed by atoms with Gasteiger partial charge in [0.15, 0.2) is 5.96 Å². The summed E-state index contributed by atoms with van der Waals surface area (Å²) in [7, 11) is 2.13. The van der Waals surface area contributed by atoms with E-state index in [4.69, 9.17) is 9.73 Å². The molecule has 1 unspecified atom stereocenters. The maximum absolute atomic E-state index is 9.34. The summed E-state index contributed by atoms with van der Waals surface area (Å²) in [6.07, 6.45) is 1.71. The molecule has 3 N–H and O–H groups in total. The SMILES string of the molecule is CCNC(=NCC1(CCO)CCOC1)NCCN(C)Cc1ccccc1.I. The quantitative estimate of drug-likeness (QED) is 0.266. The van der Waals surface area contributed by atoms with E-state index in [1.165, 1.54) is 5.56 Å². The largest absolute Gasteiger partial charge is 0.396 e. The number of nitrogens with zero attached hydrogens (tertiary/aromatic N) is 2. The van der Waals surface area contributed by atoms with Crippen LogP contribution in [-0.4, -0.2) is 69.0 Å². The van der Waals surface area contributed by atoms with Gasteiger partial charge in [0.25, 0.3) is 0 Å². The Morgan fingerprint density at radius 3 is 2.70 bits per heavy atom. The van der Waals surface area contributed by atoms with Gasteiger partial charge in [-0.3, -0.25) is 4.99 Å². The minimum atomic E-state index is -0.0127. The van der Waals surface area contributed by atoms with E-state index in [1.807, 2.05) is 6.07 Å². The molecule has 1 aromatic rings. The van der Waals surface area contributed by atoms with Gasteiger partial charge < -0.3 is 25.4 Å². The van der Waals surface area contributed by atoms with Crippen LogP contribution in [0.1, 0.15) is 25.3 Å². The van der Waals surface area contributed by atoms with Gasteiger partial charge in [0.1, 0.15) is 0 Å². The van der Waals surface area contributed by atoms with Gasteiger partial charge in [-0.15, -0.1) is 24.0 Å². The average molecular weight is 490 g/mol. The summed E-state index contributed by atoms with van der Waals surface area (Å²) < 4.78 is 5.55. The number of hydrogen-bond donors (Lipinski definition) is 3. The highest BCUT2D eigenvalue weighted by molar-refractivity contribution is 14.0. The van der Waals surface area contributed by atoms with Crippen molar-refractivity contribution in [1.29, 1.82) is 0 Å². The van der Waals surface area contributed by atoms with Gasteiger partial charge in [-0.2, -0.15) is 0 Å². The first-order valence-electron chi connectivity index (χ1n) is 9.61. The molecule has 27 heavy (non-hydrogen) atoms. The lowest BCUT2D eigenvalue weighted by molar-refractivity contribution is 0.131. The highest BCUT2D eigenvalue weighted by Gasteiger charge is 2.34. The van der Waals surface area contributed by atoms with Crippen molar-refractivity contribution in [3.63, 3.8) is 0 Å². The van der Waals surface area contributed by atoms with Crippen molar-refractivity contribution < 1.29 is 9.84 Å². The zero-order valence-corrected chi connectivity index (χ0v) is 18.9. The summed E-state index contributed by atoms with van der Waals surface area (Å²) in [5.74, 6) is 0.838. The number of rotatable bonds is 10. The molecule has 0 bridgehead atoms. The van der Waals surface area contributed by atoms with E-state index < -0.39 is 0 Å². The van der Waals surface area contributed by atoms with Crippen LogP contribution < -0.4 is 10.6 Å². The molecule has 6 nitrogen and oxygen atoms in total. The fourth-order valence-electron chi connectivity index (χ4n) is 3.22. The van der Waals surface area contributed by atoms with Gasteiger partial charge in [-0.1, -0.05) is 30.3 Å². The Balaban J connectivity index is 0.00000364. The Bertz CT molecular complexity index is 536. The molecule has 0 radical (unpaired) electrons. The number of guanidine groups is 1. The third-order valence-electron chi connectivity index (χ3n) is 4.83. The van der Waals surface area contributed by atoms with Crippen LogP contribution in [0, 0.1) is 5.41 Å². The van der Waals surface area contributed by atoms with E-state index in [1.54, 1.807) is 0 Å². The number of halogens is 1. The molecule has 1 atom stereocenters. The van der Waals surface area contributed by atoms with E-state index in [0.717, 1.165) is 51.6 Å². The molecule has 1 saturated heterocycles. The van der Waals surface area contributed by atoms with Crippen LogP contribution in [0.3, 0.4) is 0 Å². The molecule has 1 aliphatic rings. The van der Waals surface area contributed by atoms with Crippen molar-refractivity contribution >= 4 is 29.9 Å². The Morgan fingerprint density at radius 2 is 2.07 bits per heavy atom. The lowest BCUT2D eigenvalue weighted by Crippen LogP contribution is -2.41. The van der Waals surface area contributed by atoms with Crippen LogP contribution in [0.5, 0.6) is 0 Å². The third kappa shape index (κ3) is 8.76. The predicted molar refractivity (Wildman–Crippen MR) is 122 cm³/mol. The summed E-state index contributed by atoms with van der Waals surface area (Å²) in [6, 6.07) is 10.5. The number of aliphatic hydroxyl groups is 1. The molecular formula is C20H35IN4O2. The first-order chi connectivity index (χ1) is 12.7. The molecule has 7 heteroatoms. The molecule has 154 valence electrons. The summed E-state index contributed by atoms with van der Waals surface area (Å²) >= 11 is 0. The van der Waals surface area contributed by atoms with Crippen molar-refractivity contribution in [2.24, 2.45) is 10.4 Å². The van der Waals surface area contributed by atoms with E-state index in [2.05, 4.69) is 53.8 Å². The molecule has 1 heterocycles. The fourth-order valence-corrected chi connectivity index (χ4v) is 3.22. The van der Waals surface area contributed by atoms with Gasteiger partial charge >= 0.3 is 0 Å². The summed E-state index contributed by atoms with van der Waals surface area (Å²) in [5.41, 5.74) is 1.31. The maximum Gasteiger partial charge on any atom is 0.191 e. The first-order valence-corrected chi connectivity index (χ1v) is 9.61. The first kappa shape index (κ1) is 24.1. The molecule has 2 rings (SSSR count).